The number of likely N-dealkylation sites (N-methyl/N-ethyl adjacent to an activating group) is 1. The fraction of sp³-hybridized carbons (Fsp3) is 0.556. The average Bonchev–Trinajstić information content (AvgIpc) is 2.59. The van der Waals surface area contributed by atoms with Crippen molar-refractivity contribution in [2.24, 2.45) is 0 Å². The summed E-state index contributed by atoms with van der Waals surface area (Å²) in [6, 6.07) is 6.97. The summed E-state index contributed by atoms with van der Waals surface area (Å²) < 4.78 is 0. The van der Waals surface area contributed by atoms with Gasteiger partial charge in [0.15, 0.2) is 0 Å². The van der Waals surface area contributed by atoms with Crippen LogP contribution in [-0.4, -0.2) is 61.4 Å². The number of carbonyl (C=O) groups is 2. The van der Waals surface area contributed by atoms with Gasteiger partial charge in [0.25, 0.3) is 11.8 Å². The highest BCUT2D eigenvalue weighted by molar-refractivity contribution is 5.97. The number of nitrogens with zero attached hydrogens (tertiary/aromatic N) is 2. The van der Waals surface area contributed by atoms with Gasteiger partial charge in [-0.1, -0.05) is 19.8 Å². The third-order valence-electron chi connectivity index (χ3n) is 4.25. The molecular formula is C18H27N3O2. The van der Waals surface area contributed by atoms with E-state index in [1.165, 1.54) is 0 Å². The zero-order chi connectivity index (χ0) is 16.7. The molecular weight excluding hydrogens is 290 g/mol. The van der Waals surface area contributed by atoms with Crippen molar-refractivity contribution in [3.63, 3.8) is 0 Å². The molecule has 1 aliphatic rings. The standard InChI is InChI=1S/C18H27N3O2/c1-3-4-5-10-19-17(22)15-6-8-16(9-7-15)18(23)21-13-11-20(2)12-14-21/h6-9H,3-5,10-14H2,1-2H3,(H,19,22). The van der Waals surface area contributed by atoms with Crippen LogP contribution in [0.15, 0.2) is 24.3 Å². The van der Waals surface area contributed by atoms with E-state index in [1.807, 2.05) is 4.90 Å². The number of hydrogen-bond donors (Lipinski definition) is 1. The van der Waals surface area contributed by atoms with E-state index in [0.29, 0.717) is 17.7 Å². The van der Waals surface area contributed by atoms with Gasteiger partial charge in [-0.2, -0.15) is 0 Å². The first kappa shape index (κ1) is 17.5. The monoisotopic (exact) mass is 317 g/mol. The molecule has 0 aliphatic carbocycles. The Balaban J connectivity index is 1.88. The molecule has 1 N–H and O–H groups in total. The molecule has 1 heterocycles. The molecule has 1 saturated heterocycles. The van der Waals surface area contributed by atoms with Crippen LogP contribution in [0.2, 0.25) is 0 Å². The largest absolute Gasteiger partial charge is 0.352 e. The van der Waals surface area contributed by atoms with Crippen molar-refractivity contribution in [1.29, 1.82) is 0 Å². The van der Waals surface area contributed by atoms with Crippen molar-refractivity contribution in [2.75, 3.05) is 39.8 Å². The fourth-order valence-corrected chi connectivity index (χ4v) is 2.64. The maximum atomic E-state index is 12.4. The van der Waals surface area contributed by atoms with E-state index in [9.17, 15) is 9.59 Å². The zero-order valence-corrected chi connectivity index (χ0v) is 14.2. The Kier molecular flexibility index (Phi) is 6.59. The first-order valence-electron chi connectivity index (χ1n) is 8.48. The van der Waals surface area contributed by atoms with E-state index < -0.39 is 0 Å². The SMILES string of the molecule is CCCCCNC(=O)c1ccc(C(=O)N2CCN(C)CC2)cc1. The van der Waals surface area contributed by atoms with Gasteiger partial charge in [-0.25, -0.2) is 0 Å². The second-order valence-corrected chi connectivity index (χ2v) is 6.14. The first-order chi connectivity index (χ1) is 11.1. The number of carbonyl (C=O) groups excluding carboxylic acids is 2. The first-order valence-corrected chi connectivity index (χ1v) is 8.48. The van der Waals surface area contributed by atoms with Gasteiger partial charge in [-0.3, -0.25) is 9.59 Å². The summed E-state index contributed by atoms with van der Waals surface area (Å²) in [5.74, 6) is -0.0206. The highest BCUT2D eigenvalue weighted by Crippen LogP contribution is 2.10. The van der Waals surface area contributed by atoms with Gasteiger partial charge in [0, 0.05) is 43.9 Å². The summed E-state index contributed by atoms with van der Waals surface area (Å²) in [6.07, 6.45) is 3.26. The highest BCUT2D eigenvalue weighted by Gasteiger charge is 2.20. The van der Waals surface area contributed by atoms with Crippen molar-refractivity contribution in [3.8, 4) is 0 Å². The second-order valence-electron chi connectivity index (χ2n) is 6.14. The molecule has 0 bridgehead atoms. The molecule has 2 rings (SSSR count). The van der Waals surface area contributed by atoms with Crippen LogP contribution >= 0.6 is 0 Å². The van der Waals surface area contributed by atoms with Crippen LogP contribution in [0.1, 0.15) is 46.9 Å². The molecule has 1 aromatic carbocycles. The van der Waals surface area contributed by atoms with Gasteiger partial charge in [0.2, 0.25) is 0 Å². The number of rotatable bonds is 6. The minimum atomic E-state index is -0.0697. The predicted octanol–water partition coefficient (Wildman–Crippen LogP) is 1.99. The van der Waals surface area contributed by atoms with Crippen molar-refractivity contribution in [2.45, 2.75) is 26.2 Å². The summed E-state index contributed by atoms with van der Waals surface area (Å²) in [6.45, 7) is 6.17. The van der Waals surface area contributed by atoms with E-state index in [0.717, 1.165) is 45.4 Å². The maximum absolute atomic E-state index is 12.4. The van der Waals surface area contributed by atoms with Gasteiger partial charge in [-0.05, 0) is 37.7 Å². The third-order valence-corrected chi connectivity index (χ3v) is 4.25. The Hall–Kier alpha value is -1.88. The molecule has 0 atom stereocenters. The number of benzene rings is 1. The molecule has 0 radical (unpaired) electrons. The number of nitrogens with one attached hydrogen (secondary N) is 1. The van der Waals surface area contributed by atoms with Crippen molar-refractivity contribution < 1.29 is 9.59 Å². The summed E-state index contributed by atoms with van der Waals surface area (Å²) >= 11 is 0. The Morgan fingerprint density at radius 3 is 2.22 bits per heavy atom. The van der Waals surface area contributed by atoms with Crippen LogP contribution in [0, 0.1) is 0 Å². The molecule has 0 unspecified atom stereocenters. The summed E-state index contributed by atoms with van der Waals surface area (Å²) in [5, 5.41) is 2.91. The Morgan fingerprint density at radius 1 is 1.00 bits per heavy atom. The maximum Gasteiger partial charge on any atom is 0.253 e. The molecule has 1 aromatic rings. The summed E-state index contributed by atoms with van der Waals surface area (Å²) in [7, 11) is 2.07. The third kappa shape index (κ3) is 5.06. The van der Waals surface area contributed by atoms with Crippen LogP contribution in [-0.2, 0) is 0 Å². The lowest BCUT2D eigenvalue weighted by molar-refractivity contribution is 0.0663. The Morgan fingerprint density at radius 2 is 1.61 bits per heavy atom. The van der Waals surface area contributed by atoms with Crippen molar-refractivity contribution in [1.82, 2.24) is 15.1 Å². The molecule has 0 aromatic heterocycles. The highest BCUT2D eigenvalue weighted by atomic mass is 16.2. The van der Waals surface area contributed by atoms with Gasteiger partial charge in [0.1, 0.15) is 0 Å². The molecule has 5 nitrogen and oxygen atoms in total. The van der Waals surface area contributed by atoms with Gasteiger partial charge >= 0.3 is 0 Å². The van der Waals surface area contributed by atoms with Crippen molar-refractivity contribution >= 4 is 11.8 Å². The minimum absolute atomic E-state index is 0.0491. The number of unbranched alkanes of at least 4 members (excludes halogenated alkanes) is 2. The normalized spacial score (nSPS) is 15.5. The molecule has 0 spiro atoms. The molecule has 5 heteroatoms. The number of hydrogen-bond acceptors (Lipinski definition) is 3. The Bertz CT molecular complexity index is 520. The molecule has 1 aliphatic heterocycles. The lowest BCUT2D eigenvalue weighted by Crippen LogP contribution is -2.47. The quantitative estimate of drug-likeness (QED) is 0.817. The van der Waals surface area contributed by atoms with E-state index in [2.05, 4.69) is 24.2 Å². The number of amides is 2. The molecule has 0 saturated carbocycles. The lowest BCUT2D eigenvalue weighted by Gasteiger charge is -2.32. The summed E-state index contributed by atoms with van der Waals surface area (Å²) in [4.78, 5) is 28.5. The fourth-order valence-electron chi connectivity index (χ4n) is 2.64. The smallest absolute Gasteiger partial charge is 0.253 e. The Labute approximate surface area is 138 Å². The van der Waals surface area contributed by atoms with Crippen molar-refractivity contribution in [3.05, 3.63) is 35.4 Å². The molecule has 23 heavy (non-hydrogen) atoms. The average molecular weight is 317 g/mol. The topological polar surface area (TPSA) is 52.7 Å². The molecule has 1 fully saturated rings. The molecule has 2 amide bonds. The zero-order valence-electron chi connectivity index (χ0n) is 14.2. The van der Waals surface area contributed by atoms with E-state index >= 15 is 0 Å². The second kappa shape index (κ2) is 8.67. The predicted molar refractivity (Wildman–Crippen MR) is 91.7 cm³/mol. The van der Waals surface area contributed by atoms with E-state index in [1.54, 1.807) is 24.3 Å². The van der Waals surface area contributed by atoms with Crippen LogP contribution in [0.4, 0.5) is 0 Å². The van der Waals surface area contributed by atoms with E-state index in [-0.39, 0.29) is 11.8 Å². The van der Waals surface area contributed by atoms with Crippen LogP contribution in [0.3, 0.4) is 0 Å². The van der Waals surface area contributed by atoms with Crippen LogP contribution in [0.5, 0.6) is 0 Å². The lowest BCUT2D eigenvalue weighted by atomic mass is 10.1. The molecule has 126 valence electrons. The van der Waals surface area contributed by atoms with Crippen LogP contribution < -0.4 is 5.32 Å². The van der Waals surface area contributed by atoms with Gasteiger partial charge in [-0.15, -0.1) is 0 Å². The van der Waals surface area contributed by atoms with Gasteiger partial charge < -0.3 is 15.1 Å². The van der Waals surface area contributed by atoms with E-state index in [4.69, 9.17) is 0 Å². The van der Waals surface area contributed by atoms with Crippen LogP contribution in [0.25, 0.3) is 0 Å². The number of piperazine rings is 1. The van der Waals surface area contributed by atoms with Gasteiger partial charge in [0.05, 0.1) is 0 Å². The summed E-state index contributed by atoms with van der Waals surface area (Å²) in [5.41, 5.74) is 1.26. The minimum Gasteiger partial charge on any atom is -0.352 e.